The Labute approximate surface area is 131 Å². The zero-order valence-corrected chi connectivity index (χ0v) is 12.8. The van der Waals surface area contributed by atoms with Crippen molar-refractivity contribution in [1.82, 2.24) is 0 Å². The van der Waals surface area contributed by atoms with E-state index in [4.69, 9.17) is 0 Å². The summed E-state index contributed by atoms with van der Waals surface area (Å²) in [7, 11) is 0. The molecule has 0 saturated carbocycles. The lowest BCUT2D eigenvalue weighted by atomic mass is 9.92. The van der Waals surface area contributed by atoms with Gasteiger partial charge in [0.1, 0.15) is 0 Å². The van der Waals surface area contributed by atoms with Gasteiger partial charge in [0, 0.05) is 0 Å². The Morgan fingerprint density at radius 3 is 2.36 bits per heavy atom. The molecule has 0 saturated heterocycles. The van der Waals surface area contributed by atoms with Crippen LogP contribution in [-0.2, 0) is 0 Å². The van der Waals surface area contributed by atoms with Crippen LogP contribution in [0.15, 0.2) is 71.3 Å². The summed E-state index contributed by atoms with van der Waals surface area (Å²) in [4.78, 5) is 0. The van der Waals surface area contributed by atoms with Gasteiger partial charge in [-0.25, -0.2) is 0 Å². The quantitative estimate of drug-likeness (QED) is 0.487. The molecule has 2 bridgehead atoms. The van der Waals surface area contributed by atoms with E-state index in [1.165, 1.54) is 57.4 Å². The van der Waals surface area contributed by atoms with E-state index in [2.05, 4.69) is 61.5 Å². The molecule has 4 aliphatic rings. The molecular weight excluding hydrogens is 264 g/mol. The highest BCUT2D eigenvalue weighted by atomic mass is 14.3. The Hall–Kier alpha value is -2.34. The number of fused-ring (bicyclic) bond motifs is 6. The van der Waals surface area contributed by atoms with Gasteiger partial charge in [0.25, 0.3) is 0 Å². The molecule has 0 fully saturated rings. The molecule has 0 aliphatic heterocycles. The average Bonchev–Trinajstić information content (AvgIpc) is 2.65. The second kappa shape index (κ2) is 4.33. The molecule has 0 heteroatoms. The molecule has 0 unspecified atom stereocenters. The van der Waals surface area contributed by atoms with Crippen molar-refractivity contribution in [2.75, 3.05) is 0 Å². The van der Waals surface area contributed by atoms with Gasteiger partial charge in [-0.2, -0.15) is 0 Å². The van der Waals surface area contributed by atoms with E-state index < -0.39 is 0 Å². The molecule has 6 rings (SSSR count). The van der Waals surface area contributed by atoms with Crippen molar-refractivity contribution in [2.45, 2.75) is 26.2 Å². The van der Waals surface area contributed by atoms with Gasteiger partial charge < -0.3 is 0 Å². The van der Waals surface area contributed by atoms with Crippen LogP contribution in [0, 0.1) is 6.92 Å². The Kier molecular flexibility index (Phi) is 2.41. The molecule has 2 aromatic carbocycles. The van der Waals surface area contributed by atoms with Crippen molar-refractivity contribution < 1.29 is 0 Å². The van der Waals surface area contributed by atoms with E-state index in [0.717, 1.165) is 6.42 Å². The van der Waals surface area contributed by atoms with Crippen LogP contribution in [0.4, 0.5) is 0 Å². The van der Waals surface area contributed by atoms with E-state index in [1.807, 2.05) is 0 Å². The Balaban J connectivity index is 1.78. The maximum absolute atomic E-state index is 2.38. The molecule has 106 valence electrons. The lowest BCUT2D eigenvalue weighted by Gasteiger charge is -2.12. The molecule has 0 aromatic heterocycles. The minimum atomic E-state index is 1.13. The normalized spacial score (nSPS) is 21.3. The SMILES string of the molecule is Cc1ccc2c(c1)/C(=C1/CCC3=CC(=C3)C1)c1ccccc1-2. The average molecular weight is 282 g/mol. The van der Waals surface area contributed by atoms with Crippen LogP contribution in [0.5, 0.6) is 0 Å². The summed E-state index contributed by atoms with van der Waals surface area (Å²) in [6.07, 6.45) is 8.28. The second-order valence-electron chi connectivity index (χ2n) is 6.69. The predicted octanol–water partition coefficient (Wildman–Crippen LogP) is 5.83. The van der Waals surface area contributed by atoms with Crippen molar-refractivity contribution in [3.8, 4) is 11.1 Å². The van der Waals surface area contributed by atoms with Gasteiger partial charge >= 0.3 is 0 Å². The highest BCUT2D eigenvalue weighted by molar-refractivity contribution is 6.02. The first-order chi connectivity index (χ1) is 10.8. The lowest BCUT2D eigenvalue weighted by molar-refractivity contribution is 0.950. The monoisotopic (exact) mass is 282 g/mol. The van der Waals surface area contributed by atoms with Gasteiger partial charge in [-0.3, -0.25) is 0 Å². The molecule has 2 aromatic rings. The van der Waals surface area contributed by atoms with Gasteiger partial charge in [0.15, 0.2) is 0 Å². The molecule has 22 heavy (non-hydrogen) atoms. The largest absolute Gasteiger partial charge is 0.0616 e. The van der Waals surface area contributed by atoms with E-state index in [9.17, 15) is 0 Å². The van der Waals surface area contributed by atoms with Crippen LogP contribution in [0.1, 0.15) is 36.0 Å². The number of allylic oxidation sites excluding steroid dienone is 5. The van der Waals surface area contributed by atoms with Gasteiger partial charge in [0.2, 0.25) is 0 Å². The number of rotatable bonds is 0. The molecule has 0 nitrogen and oxygen atoms in total. The Morgan fingerprint density at radius 2 is 1.50 bits per heavy atom. The third-order valence-electron chi connectivity index (χ3n) is 5.16. The second-order valence-corrected chi connectivity index (χ2v) is 6.69. The topological polar surface area (TPSA) is 0 Å². The first kappa shape index (κ1) is 12.2. The van der Waals surface area contributed by atoms with Crippen molar-refractivity contribution in [2.24, 2.45) is 0 Å². The van der Waals surface area contributed by atoms with Gasteiger partial charge in [-0.15, -0.1) is 0 Å². The summed E-state index contributed by atoms with van der Waals surface area (Å²) in [5.41, 5.74) is 13.2. The van der Waals surface area contributed by atoms with Gasteiger partial charge in [0.05, 0.1) is 0 Å². The first-order valence-electron chi connectivity index (χ1n) is 8.13. The zero-order valence-electron chi connectivity index (χ0n) is 12.8. The number of hydrogen-bond acceptors (Lipinski definition) is 0. The number of hydrogen-bond donors (Lipinski definition) is 0. The third kappa shape index (κ3) is 1.64. The van der Waals surface area contributed by atoms with Crippen molar-refractivity contribution >= 4 is 5.57 Å². The molecule has 0 N–H and O–H groups in total. The van der Waals surface area contributed by atoms with E-state index in [1.54, 1.807) is 5.57 Å². The summed E-state index contributed by atoms with van der Waals surface area (Å²) in [6, 6.07) is 15.8. The zero-order chi connectivity index (χ0) is 14.7. The molecule has 0 radical (unpaired) electrons. The summed E-state index contributed by atoms with van der Waals surface area (Å²) in [5.74, 6) is 0. The fraction of sp³-hybridized carbons (Fsp3) is 0.182. The number of aryl methyl sites for hydroxylation is 1. The van der Waals surface area contributed by atoms with Gasteiger partial charge in [-0.1, -0.05) is 65.8 Å². The van der Waals surface area contributed by atoms with Crippen molar-refractivity contribution in [3.05, 3.63) is 88.0 Å². The third-order valence-corrected chi connectivity index (χ3v) is 5.16. The van der Waals surface area contributed by atoms with Crippen LogP contribution >= 0.6 is 0 Å². The Bertz CT molecular complexity index is 903. The van der Waals surface area contributed by atoms with E-state index in [-0.39, 0.29) is 0 Å². The first-order valence-corrected chi connectivity index (χ1v) is 8.13. The Morgan fingerprint density at radius 1 is 0.727 bits per heavy atom. The summed E-state index contributed by atoms with van der Waals surface area (Å²) in [5, 5.41) is 0. The van der Waals surface area contributed by atoms with Gasteiger partial charge in [-0.05, 0) is 65.2 Å². The van der Waals surface area contributed by atoms with E-state index >= 15 is 0 Å². The summed E-state index contributed by atoms with van der Waals surface area (Å²) < 4.78 is 0. The number of benzene rings is 2. The smallest absolute Gasteiger partial charge is 0.00573 e. The maximum Gasteiger partial charge on any atom is -0.00573 e. The van der Waals surface area contributed by atoms with Crippen LogP contribution in [-0.4, -0.2) is 0 Å². The fourth-order valence-electron chi connectivity index (χ4n) is 4.11. The van der Waals surface area contributed by atoms with Crippen molar-refractivity contribution in [1.29, 1.82) is 0 Å². The van der Waals surface area contributed by atoms with Crippen molar-refractivity contribution in [3.63, 3.8) is 0 Å². The van der Waals surface area contributed by atoms with Crippen LogP contribution in [0.3, 0.4) is 0 Å². The van der Waals surface area contributed by atoms with E-state index in [0.29, 0.717) is 0 Å². The fourth-order valence-corrected chi connectivity index (χ4v) is 4.11. The minimum absolute atomic E-state index is 1.13. The lowest BCUT2D eigenvalue weighted by Crippen LogP contribution is -1.92. The molecule has 0 heterocycles. The van der Waals surface area contributed by atoms with Crippen LogP contribution in [0.25, 0.3) is 16.7 Å². The molecule has 0 spiro atoms. The van der Waals surface area contributed by atoms with Crippen LogP contribution < -0.4 is 0 Å². The minimum Gasteiger partial charge on any atom is -0.0616 e. The molecule has 4 aliphatic carbocycles. The maximum atomic E-state index is 2.38. The molecule has 0 atom stereocenters. The summed E-state index contributed by atoms with van der Waals surface area (Å²) in [6.45, 7) is 2.20. The highest BCUT2D eigenvalue weighted by Crippen LogP contribution is 2.49. The predicted molar refractivity (Wildman–Crippen MR) is 92.7 cm³/mol. The molecule has 0 amide bonds. The highest BCUT2D eigenvalue weighted by Gasteiger charge is 2.27. The molecular formula is C22H18. The van der Waals surface area contributed by atoms with Crippen LogP contribution in [0.2, 0.25) is 0 Å². The summed E-state index contributed by atoms with van der Waals surface area (Å²) >= 11 is 0. The standard InChI is InChI=1S/C22H18/c1-14-6-9-19-18-4-2-3-5-20(18)22(21(19)10-14)17-8-7-15-11-16(12-15)13-17/h2-6,9-12H,7-8,13H2,1H3/b22-17-.